The number of azide groups is 1. The van der Waals surface area contributed by atoms with Crippen LogP contribution < -0.4 is 0 Å². The second-order valence-corrected chi connectivity index (χ2v) is 8.67. The molecule has 0 N–H and O–H groups in total. The molecule has 2 aromatic rings. The van der Waals surface area contributed by atoms with Crippen LogP contribution in [-0.2, 0) is 16.7 Å². The molecule has 1 aromatic carbocycles. The molecule has 0 amide bonds. The van der Waals surface area contributed by atoms with Crippen molar-refractivity contribution < 1.29 is 9.53 Å². The summed E-state index contributed by atoms with van der Waals surface area (Å²) in [6.07, 6.45) is 0. The summed E-state index contributed by atoms with van der Waals surface area (Å²) in [5, 5.41) is 3.59. The number of carbonyl (C=O) groups excluding carboxylic acids is 1. The van der Waals surface area contributed by atoms with E-state index < -0.39 is 11.6 Å². The number of aromatic nitrogens is 2. The summed E-state index contributed by atoms with van der Waals surface area (Å²) in [6, 6.07) is 8.01. The van der Waals surface area contributed by atoms with E-state index in [1.807, 2.05) is 24.3 Å². The summed E-state index contributed by atoms with van der Waals surface area (Å²) in [7, 11) is 0. The van der Waals surface area contributed by atoms with Gasteiger partial charge in [0, 0.05) is 10.5 Å². The molecule has 0 spiro atoms. The van der Waals surface area contributed by atoms with E-state index >= 15 is 0 Å². The third kappa shape index (κ3) is 5.30. The topological polar surface area (TPSA) is 101 Å². The van der Waals surface area contributed by atoms with Crippen molar-refractivity contribution in [3.05, 3.63) is 57.2 Å². The number of hydrogen-bond donors (Lipinski definition) is 0. The van der Waals surface area contributed by atoms with Gasteiger partial charge in [-0.25, -0.2) is 14.8 Å². The van der Waals surface area contributed by atoms with E-state index in [0.717, 1.165) is 5.56 Å². The van der Waals surface area contributed by atoms with Gasteiger partial charge in [0.1, 0.15) is 11.2 Å². The normalized spacial score (nSPS) is 11.7. The summed E-state index contributed by atoms with van der Waals surface area (Å²) in [5.74, 6) is -0.0452. The largest absolute Gasteiger partial charge is 0.456 e. The molecule has 1 heterocycles. The van der Waals surface area contributed by atoms with Crippen molar-refractivity contribution in [3.63, 3.8) is 0 Å². The maximum absolute atomic E-state index is 12.6. The molecule has 7 heteroatoms. The molecule has 0 unspecified atom stereocenters. The Bertz CT molecular complexity index is 916. The molecule has 0 aliphatic heterocycles. The molecule has 0 bridgehead atoms. The lowest BCUT2D eigenvalue weighted by molar-refractivity contribution is 0.00664. The Labute approximate surface area is 165 Å². The van der Waals surface area contributed by atoms with Gasteiger partial charge in [0.05, 0.1) is 17.9 Å². The van der Waals surface area contributed by atoms with Gasteiger partial charge in [-0.1, -0.05) is 50.2 Å². The van der Waals surface area contributed by atoms with Crippen LogP contribution in [0.4, 0.5) is 0 Å². The highest BCUT2D eigenvalue weighted by molar-refractivity contribution is 5.92. The van der Waals surface area contributed by atoms with Crippen molar-refractivity contribution in [1.29, 1.82) is 0 Å². The minimum absolute atomic E-state index is 0.0442. The van der Waals surface area contributed by atoms with Gasteiger partial charge in [0.15, 0.2) is 5.82 Å². The fourth-order valence-corrected chi connectivity index (χ4v) is 2.69. The fourth-order valence-electron chi connectivity index (χ4n) is 2.69. The van der Waals surface area contributed by atoms with Crippen LogP contribution in [0, 0.1) is 6.92 Å². The first-order valence-corrected chi connectivity index (χ1v) is 9.15. The van der Waals surface area contributed by atoms with Gasteiger partial charge < -0.3 is 4.74 Å². The first kappa shape index (κ1) is 21.4. The van der Waals surface area contributed by atoms with Gasteiger partial charge in [0.25, 0.3) is 0 Å². The molecule has 7 nitrogen and oxygen atoms in total. The highest BCUT2D eigenvalue weighted by atomic mass is 16.6. The zero-order valence-electron chi connectivity index (χ0n) is 17.6. The maximum atomic E-state index is 12.6. The Kier molecular flexibility index (Phi) is 6.10. The third-order valence-corrected chi connectivity index (χ3v) is 4.06. The van der Waals surface area contributed by atoms with Gasteiger partial charge in [-0.3, -0.25) is 0 Å². The Balaban J connectivity index is 2.52. The molecular formula is C21H27N5O2. The smallest absolute Gasteiger partial charge is 0.342 e. The predicted octanol–water partition coefficient (Wildman–Crippen LogP) is 5.52. The molecule has 0 atom stereocenters. The van der Waals surface area contributed by atoms with E-state index in [0.29, 0.717) is 17.2 Å². The van der Waals surface area contributed by atoms with E-state index in [1.54, 1.807) is 27.7 Å². The summed E-state index contributed by atoms with van der Waals surface area (Å²) in [5.41, 5.74) is 11.2. The average molecular weight is 381 g/mol. The quantitative estimate of drug-likeness (QED) is 0.301. The standard InChI is InChI=1S/C21H27N5O2/c1-13-17(19(27)28-21(5,6)7)16(12-23-26-22)25-18(24-13)14-8-10-15(11-9-14)20(2,3)4/h8-11H,12H2,1-7H3. The van der Waals surface area contributed by atoms with E-state index in [2.05, 4.69) is 40.8 Å². The number of nitrogens with zero attached hydrogens (tertiary/aromatic N) is 5. The Morgan fingerprint density at radius 3 is 2.21 bits per heavy atom. The van der Waals surface area contributed by atoms with Crippen molar-refractivity contribution in [2.45, 2.75) is 66.0 Å². The summed E-state index contributed by atoms with van der Waals surface area (Å²) >= 11 is 0. The number of benzene rings is 1. The zero-order valence-corrected chi connectivity index (χ0v) is 17.6. The van der Waals surface area contributed by atoms with E-state index in [1.165, 1.54) is 5.56 Å². The van der Waals surface area contributed by atoms with Crippen molar-refractivity contribution in [2.24, 2.45) is 5.11 Å². The minimum atomic E-state index is -0.652. The molecule has 1 aromatic heterocycles. The molecule has 0 saturated heterocycles. The van der Waals surface area contributed by atoms with Crippen molar-refractivity contribution in [1.82, 2.24) is 9.97 Å². The molecule has 0 radical (unpaired) electrons. The first-order valence-electron chi connectivity index (χ1n) is 9.15. The minimum Gasteiger partial charge on any atom is -0.456 e. The van der Waals surface area contributed by atoms with E-state index in [4.69, 9.17) is 10.3 Å². The first-order chi connectivity index (χ1) is 12.9. The van der Waals surface area contributed by atoms with Crippen molar-refractivity contribution in [2.75, 3.05) is 0 Å². The molecule has 0 aliphatic rings. The monoisotopic (exact) mass is 381 g/mol. The van der Waals surface area contributed by atoms with Crippen LogP contribution in [0.2, 0.25) is 0 Å². The maximum Gasteiger partial charge on any atom is 0.342 e. The van der Waals surface area contributed by atoms with Crippen LogP contribution >= 0.6 is 0 Å². The number of esters is 1. The molecule has 148 valence electrons. The van der Waals surface area contributed by atoms with Gasteiger partial charge >= 0.3 is 5.97 Å². The second-order valence-electron chi connectivity index (χ2n) is 8.67. The van der Waals surface area contributed by atoms with Crippen LogP contribution in [0.15, 0.2) is 29.4 Å². The highest BCUT2D eigenvalue weighted by Crippen LogP contribution is 2.26. The predicted molar refractivity (Wildman–Crippen MR) is 109 cm³/mol. The molecule has 0 fully saturated rings. The molecule has 2 rings (SSSR count). The fraction of sp³-hybridized carbons (Fsp3) is 0.476. The van der Waals surface area contributed by atoms with Gasteiger partial charge in [-0.05, 0) is 44.2 Å². The molecule has 0 saturated carbocycles. The highest BCUT2D eigenvalue weighted by Gasteiger charge is 2.24. The number of hydrogen-bond acceptors (Lipinski definition) is 5. The second kappa shape index (κ2) is 7.98. The summed E-state index contributed by atoms with van der Waals surface area (Å²) in [6.45, 7) is 13.5. The van der Waals surface area contributed by atoms with Crippen LogP contribution in [0.1, 0.15) is 68.9 Å². The van der Waals surface area contributed by atoms with Crippen molar-refractivity contribution in [3.8, 4) is 11.4 Å². The lowest BCUT2D eigenvalue weighted by Crippen LogP contribution is -2.26. The van der Waals surface area contributed by atoms with Gasteiger partial charge in [-0.15, -0.1) is 0 Å². The SMILES string of the molecule is Cc1nc(-c2ccc(C(C)(C)C)cc2)nc(CN=[N+]=[N-])c1C(=O)OC(C)(C)C. The van der Waals surface area contributed by atoms with E-state index in [-0.39, 0.29) is 17.5 Å². The lowest BCUT2D eigenvalue weighted by atomic mass is 9.86. The third-order valence-electron chi connectivity index (χ3n) is 4.06. The van der Waals surface area contributed by atoms with Crippen LogP contribution in [0.25, 0.3) is 21.8 Å². The summed E-state index contributed by atoms with van der Waals surface area (Å²) in [4.78, 5) is 24.4. The Morgan fingerprint density at radius 2 is 1.71 bits per heavy atom. The molecule has 28 heavy (non-hydrogen) atoms. The zero-order chi connectivity index (χ0) is 21.1. The number of rotatable bonds is 4. The molecular weight excluding hydrogens is 354 g/mol. The Hall–Kier alpha value is -2.92. The van der Waals surface area contributed by atoms with Crippen LogP contribution in [-0.4, -0.2) is 21.5 Å². The van der Waals surface area contributed by atoms with Crippen LogP contribution in [0.5, 0.6) is 0 Å². The van der Waals surface area contributed by atoms with Crippen LogP contribution in [0.3, 0.4) is 0 Å². The summed E-state index contributed by atoms with van der Waals surface area (Å²) < 4.78 is 5.47. The van der Waals surface area contributed by atoms with Gasteiger partial charge in [0.2, 0.25) is 0 Å². The van der Waals surface area contributed by atoms with Gasteiger partial charge in [-0.2, -0.15) is 0 Å². The number of carbonyl (C=O) groups is 1. The Morgan fingerprint density at radius 1 is 1.11 bits per heavy atom. The number of ether oxygens (including phenoxy) is 1. The molecule has 0 aliphatic carbocycles. The van der Waals surface area contributed by atoms with E-state index in [9.17, 15) is 4.79 Å². The average Bonchev–Trinajstić information content (AvgIpc) is 2.57. The number of aryl methyl sites for hydroxylation is 1. The van der Waals surface area contributed by atoms with Crippen molar-refractivity contribution >= 4 is 5.97 Å². The lowest BCUT2D eigenvalue weighted by Gasteiger charge is -2.21.